The van der Waals surface area contributed by atoms with Gasteiger partial charge in [-0.15, -0.1) is 0 Å². The SMILES string of the molecule is O=C(OCCO)c1cc(S(=O)(=O)O)cc(CCO)c1C(=O)O. The molecule has 1 aromatic rings. The molecule has 0 aliphatic heterocycles. The van der Waals surface area contributed by atoms with Gasteiger partial charge in [-0.1, -0.05) is 0 Å². The van der Waals surface area contributed by atoms with Gasteiger partial charge >= 0.3 is 11.9 Å². The van der Waals surface area contributed by atoms with E-state index in [1.165, 1.54) is 0 Å². The monoisotopic (exact) mass is 334 g/mol. The van der Waals surface area contributed by atoms with Crippen molar-refractivity contribution >= 4 is 22.1 Å². The van der Waals surface area contributed by atoms with E-state index in [2.05, 4.69) is 4.74 Å². The minimum atomic E-state index is -4.69. The van der Waals surface area contributed by atoms with E-state index in [-0.39, 0.29) is 12.0 Å². The Morgan fingerprint density at radius 1 is 1.14 bits per heavy atom. The molecule has 0 radical (unpaired) electrons. The van der Waals surface area contributed by atoms with Crippen LogP contribution in [0.4, 0.5) is 0 Å². The summed E-state index contributed by atoms with van der Waals surface area (Å²) in [6.45, 7) is -1.42. The molecule has 0 atom stereocenters. The van der Waals surface area contributed by atoms with Crippen LogP contribution in [0.3, 0.4) is 0 Å². The average Bonchev–Trinajstić information content (AvgIpc) is 2.42. The van der Waals surface area contributed by atoms with Crippen LogP contribution in [0.15, 0.2) is 17.0 Å². The Morgan fingerprint density at radius 3 is 2.23 bits per heavy atom. The molecule has 22 heavy (non-hydrogen) atoms. The number of aliphatic hydroxyl groups is 2. The van der Waals surface area contributed by atoms with E-state index in [9.17, 15) is 23.1 Å². The van der Waals surface area contributed by atoms with Gasteiger partial charge in [0, 0.05) is 6.61 Å². The molecule has 4 N–H and O–H groups in total. The molecule has 0 amide bonds. The number of ether oxygens (including phenoxy) is 1. The van der Waals surface area contributed by atoms with Gasteiger partial charge in [-0.25, -0.2) is 9.59 Å². The summed E-state index contributed by atoms with van der Waals surface area (Å²) < 4.78 is 36.1. The number of carbonyl (C=O) groups excluding carboxylic acids is 1. The molecule has 9 nitrogen and oxygen atoms in total. The predicted octanol–water partition coefficient (Wildman–Crippen LogP) is -0.685. The number of carboxylic acids is 1. The largest absolute Gasteiger partial charge is 0.478 e. The first-order valence-corrected chi connectivity index (χ1v) is 7.43. The topological polar surface area (TPSA) is 158 Å². The summed E-state index contributed by atoms with van der Waals surface area (Å²) in [7, 11) is -4.69. The van der Waals surface area contributed by atoms with Crippen LogP contribution in [0.2, 0.25) is 0 Å². The molecule has 0 spiro atoms. The van der Waals surface area contributed by atoms with Gasteiger partial charge in [-0.3, -0.25) is 4.55 Å². The fourth-order valence-corrected chi connectivity index (χ4v) is 2.33. The molecular weight excluding hydrogens is 320 g/mol. The van der Waals surface area contributed by atoms with Crippen LogP contribution in [0.25, 0.3) is 0 Å². The molecule has 1 aromatic carbocycles. The second-order valence-corrected chi connectivity index (χ2v) is 5.54. The van der Waals surface area contributed by atoms with Gasteiger partial charge in [0.1, 0.15) is 6.61 Å². The first-order chi connectivity index (χ1) is 10.2. The van der Waals surface area contributed by atoms with Crippen molar-refractivity contribution < 1.29 is 42.6 Å². The Kier molecular flexibility index (Phi) is 6.00. The second kappa shape index (κ2) is 7.31. The van der Waals surface area contributed by atoms with Crippen LogP contribution < -0.4 is 0 Å². The quantitative estimate of drug-likeness (QED) is 0.374. The van der Waals surface area contributed by atoms with Crippen molar-refractivity contribution in [1.82, 2.24) is 0 Å². The Labute approximate surface area is 125 Å². The highest BCUT2D eigenvalue weighted by Gasteiger charge is 2.25. The number of benzene rings is 1. The maximum absolute atomic E-state index is 11.8. The number of carbonyl (C=O) groups is 2. The van der Waals surface area contributed by atoms with Crippen LogP contribution in [-0.4, -0.2) is 60.0 Å². The molecule has 0 aliphatic carbocycles. The fraction of sp³-hybridized carbons (Fsp3) is 0.333. The van der Waals surface area contributed by atoms with E-state index in [0.29, 0.717) is 6.07 Å². The second-order valence-electron chi connectivity index (χ2n) is 4.12. The number of aromatic carboxylic acids is 1. The summed E-state index contributed by atoms with van der Waals surface area (Å²) in [4.78, 5) is 22.4. The maximum Gasteiger partial charge on any atom is 0.339 e. The van der Waals surface area contributed by atoms with Gasteiger partial charge < -0.3 is 20.1 Å². The van der Waals surface area contributed by atoms with Gasteiger partial charge in [0.05, 0.1) is 22.6 Å². The van der Waals surface area contributed by atoms with Crippen molar-refractivity contribution in [3.05, 3.63) is 28.8 Å². The van der Waals surface area contributed by atoms with Crippen LogP contribution in [0.5, 0.6) is 0 Å². The Bertz CT molecular complexity index is 678. The van der Waals surface area contributed by atoms with Crippen molar-refractivity contribution in [3.63, 3.8) is 0 Å². The molecule has 0 unspecified atom stereocenters. The third-order valence-corrected chi connectivity index (χ3v) is 3.46. The van der Waals surface area contributed by atoms with Gasteiger partial charge in [0.2, 0.25) is 0 Å². The normalized spacial score (nSPS) is 11.2. The smallest absolute Gasteiger partial charge is 0.339 e. The number of carboxylic acid groups (broad SMARTS) is 1. The zero-order chi connectivity index (χ0) is 16.9. The standard InChI is InChI=1S/C12H14O9S/c13-2-1-7-5-8(22(18,19)20)6-9(10(7)11(15)16)12(17)21-4-3-14/h5-6,13-14H,1-4H2,(H,15,16)(H,18,19,20). The molecule has 0 bridgehead atoms. The third-order valence-electron chi connectivity index (χ3n) is 2.63. The van der Waals surface area contributed by atoms with E-state index in [0.717, 1.165) is 6.07 Å². The zero-order valence-corrected chi connectivity index (χ0v) is 12.0. The molecule has 0 heterocycles. The highest BCUT2D eigenvalue weighted by Crippen LogP contribution is 2.23. The van der Waals surface area contributed by atoms with Crippen LogP contribution in [0, 0.1) is 0 Å². The molecule has 1 rings (SSSR count). The first kappa shape index (κ1) is 18.0. The lowest BCUT2D eigenvalue weighted by atomic mass is 9.99. The predicted molar refractivity (Wildman–Crippen MR) is 71.4 cm³/mol. The minimum absolute atomic E-state index is 0.152. The van der Waals surface area contributed by atoms with Crippen molar-refractivity contribution in [1.29, 1.82) is 0 Å². The maximum atomic E-state index is 11.8. The van der Waals surface area contributed by atoms with E-state index in [1.54, 1.807) is 0 Å². The molecule has 10 heteroatoms. The van der Waals surface area contributed by atoms with Gasteiger partial charge in [-0.2, -0.15) is 8.42 Å². The Balaban J connectivity index is 3.58. The molecule has 122 valence electrons. The number of aliphatic hydroxyl groups excluding tert-OH is 2. The molecule has 0 saturated carbocycles. The van der Waals surface area contributed by atoms with E-state index in [1.807, 2.05) is 0 Å². The number of esters is 1. The minimum Gasteiger partial charge on any atom is -0.478 e. The van der Waals surface area contributed by atoms with Crippen molar-refractivity contribution in [3.8, 4) is 0 Å². The lowest BCUT2D eigenvalue weighted by molar-refractivity contribution is 0.0425. The summed E-state index contributed by atoms with van der Waals surface area (Å²) >= 11 is 0. The average molecular weight is 334 g/mol. The lowest BCUT2D eigenvalue weighted by Gasteiger charge is -2.12. The van der Waals surface area contributed by atoms with Gasteiger partial charge in [0.25, 0.3) is 10.1 Å². The summed E-state index contributed by atoms with van der Waals surface area (Å²) in [5.74, 6) is -2.70. The van der Waals surface area contributed by atoms with Crippen LogP contribution >= 0.6 is 0 Å². The molecular formula is C12H14O9S. The number of hydrogen-bond acceptors (Lipinski definition) is 7. The summed E-state index contributed by atoms with van der Waals surface area (Å²) in [6, 6.07) is 1.52. The summed E-state index contributed by atoms with van der Waals surface area (Å²) in [5.41, 5.74) is -1.29. The lowest BCUT2D eigenvalue weighted by Crippen LogP contribution is -2.18. The van der Waals surface area contributed by atoms with E-state index in [4.69, 9.17) is 14.8 Å². The molecule has 0 saturated heterocycles. The molecule has 0 aliphatic rings. The van der Waals surface area contributed by atoms with E-state index >= 15 is 0 Å². The zero-order valence-electron chi connectivity index (χ0n) is 11.2. The molecule has 0 aromatic heterocycles. The highest BCUT2D eigenvalue weighted by atomic mass is 32.2. The van der Waals surface area contributed by atoms with Gasteiger partial charge in [0.15, 0.2) is 0 Å². The Morgan fingerprint density at radius 2 is 1.77 bits per heavy atom. The van der Waals surface area contributed by atoms with Crippen molar-refractivity contribution in [2.45, 2.75) is 11.3 Å². The summed E-state index contributed by atoms with van der Waals surface area (Å²) in [5, 5.41) is 26.7. The molecule has 0 fully saturated rings. The van der Waals surface area contributed by atoms with Crippen LogP contribution in [-0.2, 0) is 21.3 Å². The Hall–Kier alpha value is -2.01. The van der Waals surface area contributed by atoms with E-state index < -0.39 is 57.9 Å². The highest BCUT2D eigenvalue weighted by molar-refractivity contribution is 7.85. The number of rotatable bonds is 7. The number of hydrogen-bond donors (Lipinski definition) is 4. The first-order valence-electron chi connectivity index (χ1n) is 5.99. The third kappa shape index (κ3) is 4.24. The van der Waals surface area contributed by atoms with Gasteiger partial charge in [-0.05, 0) is 24.1 Å². The van der Waals surface area contributed by atoms with Crippen LogP contribution in [0.1, 0.15) is 26.3 Å². The van der Waals surface area contributed by atoms with Crippen molar-refractivity contribution in [2.75, 3.05) is 19.8 Å². The fourth-order valence-electron chi connectivity index (χ4n) is 1.77. The summed E-state index contributed by atoms with van der Waals surface area (Å²) in [6.07, 6.45) is -0.245. The van der Waals surface area contributed by atoms with Crippen molar-refractivity contribution in [2.24, 2.45) is 0 Å².